The van der Waals surface area contributed by atoms with Crippen molar-refractivity contribution in [2.24, 2.45) is 0 Å². The second-order valence-corrected chi connectivity index (χ2v) is 3.21. The molecule has 0 bridgehead atoms. The molecule has 2 aromatic rings. The van der Waals surface area contributed by atoms with Crippen LogP contribution in [0.2, 0.25) is 0 Å². The largest absolute Gasteiger partial charge is 0.488 e. The van der Waals surface area contributed by atoms with Gasteiger partial charge in [0.15, 0.2) is 0 Å². The molecule has 0 radical (unpaired) electrons. The van der Waals surface area contributed by atoms with E-state index in [1.165, 1.54) is 6.07 Å². The number of benzene rings is 1. The third-order valence-electron chi connectivity index (χ3n) is 2.19. The number of nitrogens with zero attached hydrogens (tertiary/aromatic N) is 3. The van der Waals surface area contributed by atoms with Crippen LogP contribution in [0.15, 0.2) is 36.7 Å². The van der Waals surface area contributed by atoms with Gasteiger partial charge >= 0.3 is 7.12 Å². The number of aromatic nitrogens is 2. The summed E-state index contributed by atoms with van der Waals surface area (Å²) in [6.07, 6.45) is 3.32. The van der Waals surface area contributed by atoms with Crippen LogP contribution in [0.25, 0.3) is 5.69 Å². The fraction of sp³-hybridized carbons (Fsp3) is 0. The first kappa shape index (κ1) is 10.4. The van der Waals surface area contributed by atoms with E-state index in [1.54, 1.807) is 35.3 Å². The minimum absolute atomic E-state index is 0.285. The van der Waals surface area contributed by atoms with Crippen LogP contribution < -0.4 is 5.46 Å². The number of hydrogen-bond acceptors (Lipinski definition) is 4. The molecule has 0 unspecified atom stereocenters. The maximum Gasteiger partial charge on any atom is 0.488 e. The molecule has 0 fully saturated rings. The van der Waals surface area contributed by atoms with Crippen LogP contribution in [0, 0.1) is 11.3 Å². The average molecular weight is 213 g/mol. The Kier molecular flexibility index (Phi) is 2.73. The van der Waals surface area contributed by atoms with Gasteiger partial charge in [-0.05, 0) is 23.7 Å². The second-order valence-electron chi connectivity index (χ2n) is 3.21. The summed E-state index contributed by atoms with van der Waals surface area (Å²) < 4.78 is 1.55. The minimum Gasteiger partial charge on any atom is -0.423 e. The molecule has 1 aromatic heterocycles. The van der Waals surface area contributed by atoms with Gasteiger partial charge in [-0.1, -0.05) is 6.07 Å². The molecule has 78 valence electrons. The fourth-order valence-corrected chi connectivity index (χ4v) is 1.41. The van der Waals surface area contributed by atoms with E-state index in [4.69, 9.17) is 15.3 Å². The molecule has 2 rings (SSSR count). The highest BCUT2D eigenvalue weighted by atomic mass is 16.4. The van der Waals surface area contributed by atoms with Crippen molar-refractivity contribution >= 4 is 12.6 Å². The molecular formula is C10H8BN3O2. The molecule has 0 spiro atoms. The summed E-state index contributed by atoms with van der Waals surface area (Å²) in [6, 6.07) is 8.34. The summed E-state index contributed by atoms with van der Waals surface area (Å²) in [6.45, 7) is 0. The van der Waals surface area contributed by atoms with E-state index < -0.39 is 7.12 Å². The SMILES string of the molecule is N#Cc1cc(B(O)O)ccc1-n1cccn1. The third kappa shape index (κ3) is 1.82. The molecule has 0 aliphatic heterocycles. The lowest BCUT2D eigenvalue weighted by Crippen LogP contribution is -2.30. The molecular weight excluding hydrogens is 205 g/mol. The van der Waals surface area contributed by atoms with Crippen LogP contribution in [0.4, 0.5) is 0 Å². The zero-order chi connectivity index (χ0) is 11.5. The van der Waals surface area contributed by atoms with E-state index in [-0.39, 0.29) is 5.46 Å². The fourth-order valence-electron chi connectivity index (χ4n) is 1.41. The smallest absolute Gasteiger partial charge is 0.423 e. The lowest BCUT2D eigenvalue weighted by atomic mass is 9.79. The predicted octanol–water partition coefficient (Wildman–Crippen LogP) is -0.576. The van der Waals surface area contributed by atoms with Crippen LogP contribution >= 0.6 is 0 Å². The van der Waals surface area contributed by atoms with Crippen molar-refractivity contribution in [2.75, 3.05) is 0 Å². The van der Waals surface area contributed by atoms with Gasteiger partial charge in [-0.25, -0.2) is 4.68 Å². The zero-order valence-corrected chi connectivity index (χ0v) is 8.28. The van der Waals surface area contributed by atoms with Crippen molar-refractivity contribution in [3.63, 3.8) is 0 Å². The lowest BCUT2D eigenvalue weighted by molar-refractivity contribution is 0.426. The van der Waals surface area contributed by atoms with Crippen LogP contribution in [0.1, 0.15) is 5.56 Å². The summed E-state index contributed by atoms with van der Waals surface area (Å²) in [5.41, 5.74) is 1.23. The molecule has 0 saturated carbocycles. The van der Waals surface area contributed by atoms with Gasteiger partial charge in [-0.2, -0.15) is 10.4 Å². The van der Waals surface area contributed by atoms with Crippen molar-refractivity contribution in [3.8, 4) is 11.8 Å². The van der Waals surface area contributed by atoms with Crippen LogP contribution in [-0.4, -0.2) is 26.9 Å². The Morgan fingerprint density at radius 1 is 1.38 bits per heavy atom. The quantitative estimate of drug-likeness (QED) is 0.654. The molecule has 0 aliphatic rings. The summed E-state index contributed by atoms with van der Waals surface area (Å²) in [4.78, 5) is 0. The summed E-state index contributed by atoms with van der Waals surface area (Å²) >= 11 is 0. The summed E-state index contributed by atoms with van der Waals surface area (Å²) in [7, 11) is -1.57. The van der Waals surface area contributed by atoms with Gasteiger partial charge in [0, 0.05) is 12.4 Å². The molecule has 5 nitrogen and oxygen atoms in total. The highest BCUT2D eigenvalue weighted by molar-refractivity contribution is 6.58. The summed E-state index contributed by atoms with van der Waals surface area (Å²) in [5.74, 6) is 0. The minimum atomic E-state index is -1.57. The van der Waals surface area contributed by atoms with E-state index in [1.807, 2.05) is 6.07 Å². The van der Waals surface area contributed by atoms with E-state index in [2.05, 4.69) is 5.10 Å². The number of rotatable bonds is 2. The zero-order valence-electron chi connectivity index (χ0n) is 8.28. The van der Waals surface area contributed by atoms with Gasteiger partial charge in [0.2, 0.25) is 0 Å². The normalized spacial score (nSPS) is 9.81. The lowest BCUT2D eigenvalue weighted by Gasteiger charge is -2.06. The van der Waals surface area contributed by atoms with Crippen molar-refractivity contribution < 1.29 is 10.0 Å². The molecule has 0 saturated heterocycles. The van der Waals surface area contributed by atoms with Gasteiger partial charge in [-0.3, -0.25) is 0 Å². The Bertz CT molecular complexity index is 531. The first-order valence-electron chi connectivity index (χ1n) is 4.62. The van der Waals surface area contributed by atoms with Crippen molar-refractivity contribution in [3.05, 3.63) is 42.2 Å². The predicted molar refractivity (Wildman–Crippen MR) is 58.1 cm³/mol. The van der Waals surface area contributed by atoms with Gasteiger partial charge < -0.3 is 10.0 Å². The van der Waals surface area contributed by atoms with Gasteiger partial charge in [0.25, 0.3) is 0 Å². The molecule has 0 amide bonds. The Labute approximate surface area is 92.3 Å². The Morgan fingerprint density at radius 3 is 2.75 bits per heavy atom. The first-order chi connectivity index (χ1) is 7.72. The van der Waals surface area contributed by atoms with Crippen LogP contribution in [0.3, 0.4) is 0 Å². The second kappa shape index (κ2) is 4.19. The molecule has 16 heavy (non-hydrogen) atoms. The van der Waals surface area contributed by atoms with E-state index in [0.717, 1.165) is 0 Å². The van der Waals surface area contributed by atoms with E-state index in [9.17, 15) is 0 Å². The van der Waals surface area contributed by atoms with Gasteiger partial charge in [0.05, 0.1) is 11.3 Å². The molecule has 1 aromatic carbocycles. The topological polar surface area (TPSA) is 82.1 Å². The highest BCUT2D eigenvalue weighted by Gasteiger charge is 2.14. The molecule has 2 N–H and O–H groups in total. The summed E-state index contributed by atoms with van der Waals surface area (Å²) in [5, 5.41) is 31.0. The molecule has 1 heterocycles. The number of hydrogen-bond donors (Lipinski definition) is 2. The van der Waals surface area contributed by atoms with Crippen molar-refractivity contribution in [1.29, 1.82) is 5.26 Å². The van der Waals surface area contributed by atoms with Crippen molar-refractivity contribution in [2.45, 2.75) is 0 Å². The highest BCUT2D eigenvalue weighted by Crippen LogP contribution is 2.10. The van der Waals surface area contributed by atoms with Gasteiger partial charge in [0.1, 0.15) is 6.07 Å². The Hall–Kier alpha value is -2.10. The van der Waals surface area contributed by atoms with Crippen LogP contribution in [0.5, 0.6) is 0 Å². The average Bonchev–Trinajstić information content (AvgIpc) is 2.81. The maximum atomic E-state index is 8.99. The Balaban J connectivity index is 2.53. The monoisotopic (exact) mass is 213 g/mol. The molecule has 0 aliphatic carbocycles. The third-order valence-corrected chi connectivity index (χ3v) is 2.19. The van der Waals surface area contributed by atoms with Crippen molar-refractivity contribution in [1.82, 2.24) is 9.78 Å². The maximum absolute atomic E-state index is 8.99. The molecule has 0 atom stereocenters. The first-order valence-corrected chi connectivity index (χ1v) is 4.62. The number of nitriles is 1. The van der Waals surface area contributed by atoms with E-state index in [0.29, 0.717) is 11.3 Å². The molecule has 6 heteroatoms. The standard InChI is InChI=1S/C10H8BN3O2/c12-7-8-6-9(11(15)16)2-3-10(8)14-5-1-4-13-14/h1-6,15-16H. The van der Waals surface area contributed by atoms with Gasteiger partial charge in [-0.15, -0.1) is 0 Å². The van der Waals surface area contributed by atoms with E-state index >= 15 is 0 Å². The Morgan fingerprint density at radius 2 is 2.19 bits per heavy atom. The van der Waals surface area contributed by atoms with Crippen LogP contribution in [-0.2, 0) is 0 Å².